The van der Waals surface area contributed by atoms with Crippen LogP contribution in [0.4, 0.5) is 0 Å². The average Bonchev–Trinajstić information content (AvgIpc) is 2.48. The minimum absolute atomic E-state index is 0.228. The largest absolute Gasteiger partial charge is 0.744 e. The quantitative estimate of drug-likeness (QED) is 0.300. The molecule has 2 aromatic carbocycles. The number of ether oxygens (including phenoxy) is 1. The Bertz CT molecular complexity index is 871. The molecule has 2 aromatic rings. The molecule has 0 aromatic heterocycles. The number of aryl methyl sites for hydroxylation is 1. The van der Waals surface area contributed by atoms with E-state index in [1.54, 1.807) is 32.9 Å². The fourth-order valence-corrected chi connectivity index (χ4v) is 3.51. The normalized spacial score (nSPS) is 11.6. The molecular weight excluding hydrogens is 443 g/mol. The summed E-state index contributed by atoms with van der Waals surface area (Å²) >= 11 is 2.14. The zero-order chi connectivity index (χ0) is 18.1. The monoisotopic (exact) mass is 459 g/mol. The van der Waals surface area contributed by atoms with E-state index in [0.29, 0.717) is 16.9 Å². The van der Waals surface area contributed by atoms with Gasteiger partial charge < -0.3 is 9.29 Å². The molecule has 0 N–H and O–H groups in total. The van der Waals surface area contributed by atoms with Crippen LogP contribution in [0.3, 0.4) is 0 Å². The van der Waals surface area contributed by atoms with Gasteiger partial charge in [0.05, 0.1) is 10.5 Å². The molecule has 0 fully saturated rings. The van der Waals surface area contributed by atoms with E-state index in [2.05, 4.69) is 22.6 Å². The lowest BCUT2D eigenvalue weighted by atomic mass is 9.97. The summed E-state index contributed by atoms with van der Waals surface area (Å²) in [4.78, 5) is 12.1. The Balaban J connectivity index is 2.45. The number of carbonyl (C=O) groups excluding carboxylic acids is 1. The molecule has 0 spiro atoms. The first kappa shape index (κ1) is 18.9. The van der Waals surface area contributed by atoms with Crippen LogP contribution in [0.2, 0.25) is 0 Å². The highest BCUT2D eigenvalue weighted by atomic mass is 127. The Labute approximate surface area is 154 Å². The summed E-state index contributed by atoms with van der Waals surface area (Å²) in [7, 11) is -4.61. The summed E-state index contributed by atoms with van der Waals surface area (Å²) in [6.45, 7) is 5.09. The van der Waals surface area contributed by atoms with Gasteiger partial charge in [0, 0.05) is 3.57 Å². The molecule has 5 nitrogen and oxygen atoms in total. The van der Waals surface area contributed by atoms with Crippen LogP contribution >= 0.6 is 22.6 Å². The maximum Gasteiger partial charge on any atom is 0.343 e. The van der Waals surface area contributed by atoms with Crippen LogP contribution < -0.4 is 4.74 Å². The molecule has 0 aliphatic carbocycles. The second kappa shape index (κ2) is 7.20. The zero-order valence-corrected chi connectivity index (χ0v) is 16.3. The Morgan fingerprint density at radius 3 is 2.25 bits per heavy atom. The van der Waals surface area contributed by atoms with Crippen LogP contribution in [0.15, 0.2) is 41.3 Å². The van der Waals surface area contributed by atoms with Gasteiger partial charge in [0.25, 0.3) is 0 Å². The van der Waals surface area contributed by atoms with Crippen molar-refractivity contribution in [2.24, 2.45) is 0 Å². The van der Waals surface area contributed by atoms with E-state index >= 15 is 0 Å². The van der Waals surface area contributed by atoms with Gasteiger partial charge in [0.2, 0.25) is 0 Å². The fourth-order valence-electron chi connectivity index (χ4n) is 2.25. The van der Waals surface area contributed by atoms with E-state index in [0.717, 1.165) is 3.57 Å². The first-order valence-electron chi connectivity index (χ1n) is 7.17. The van der Waals surface area contributed by atoms with Gasteiger partial charge in [-0.15, -0.1) is 0 Å². The van der Waals surface area contributed by atoms with E-state index < -0.39 is 16.1 Å². The van der Waals surface area contributed by atoms with Gasteiger partial charge in [-0.3, -0.25) is 0 Å². The van der Waals surface area contributed by atoms with Crippen molar-refractivity contribution in [2.75, 3.05) is 0 Å². The van der Waals surface area contributed by atoms with Gasteiger partial charge in [-0.2, -0.15) is 0 Å². The van der Waals surface area contributed by atoms with Crippen molar-refractivity contribution in [1.82, 2.24) is 0 Å². The van der Waals surface area contributed by atoms with Crippen molar-refractivity contribution < 1.29 is 22.5 Å². The minimum atomic E-state index is -4.61. The minimum Gasteiger partial charge on any atom is -0.744 e. The lowest BCUT2D eigenvalue weighted by Crippen LogP contribution is -2.14. The Morgan fingerprint density at radius 1 is 1.17 bits per heavy atom. The lowest BCUT2D eigenvalue weighted by molar-refractivity contribution is 0.0733. The number of carbonyl (C=O) groups is 1. The zero-order valence-electron chi connectivity index (χ0n) is 13.4. The molecule has 0 aliphatic rings. The number of benzene rings is 2. The number of hydrogen-bond acceptors (Lipinski definition) is 5. The van der Waals surface area contributed by atoms with Gasteiger partial charge >= 0.3 is 5.97 Å². The van der Waals surface area contributed by atoms with Gasteiger partial charge in [0.1, 0.15) is 15.9 Å². The van der Waals surface area contributed by atoms with E-state index in [9.17, 15) is 17.8 Å². The predicted molar refractivity (Wildman–Crippen MR) is 97.3 cm³/mol. The van der Waals surface area contributed by atoms with Crippen molar-refractivity contribution >= 4 is 38.7 Å². The Kier molecular flexibility index (Phi) is 5.67. The Hall–Kier alpha value is -1.45. The molecular formula is C17H16IO5S-. The third-order valence-corrected chi connectivity index (χ3v) is 5.10. The number of rotatable bonds is 4. The van der Waals surface area contributed by atoms with Crippen molar-refractivity contribution in [3.63, 3.8) is 0 Å². The van der Waals surface area contributed by atoms with Gasteiger partial charge in [0.15, 0.2) is 0 Å². The van der Waals surface area contributed by atoms with Crippen LogP contribution in [0.1, 0.15) is 41.3 Å². The molecule has 0 atom stereocenters. The summed E-state index contributed by atoms with van der Waals surface area (Å²) in [6.07, 6.45) is 0. The third-order valence-electron chi connectivity index (χ3n) is 3.49. The van der Waals surface area contributed by atoms with Crippen LogP contribution in [-0.4, -0.2) is 18.9 Å². The average molecular weight is 459 g/mol. The Morgan fingerprint density at radius 2 is 1.75 bits per heavy atom. The number of hydrogen-bond donors (Lipinski definition) is 0. The predicted octanol–water partition coefficient (Wildman–Crippen LogP) is 3.85. The summed E-state index contributed by atoms with van der Waals surface area (Å²) in [6, 6.07) is 9.64. The van der Waals surface area contributed by atoms with E-state index in [-0.39, 0.29) is 16.4 Å². The van der Waals surface area contributed by atoms with Crippen molar-refractivity contribution in [3.8, 4) is 5.75 Å². The van der Waals surface area contributed by atoms with Crippen LogP contribution in [-0.2, 0) is 10.1 Å². The molecule has 24 heavy (non-hydrogen) atoms. The highest BCUT2D eigenvalue weighted by Crippen LogP contribution is 2.28. The molecule has 0 unspecified atom stereocenters. The summed E-state index contributed by atoms with van der Waals surface area (Å²) in [5, 5.41) is 0. The molecule has 2 rings (SSSR count). The molecule has 0 saturated carbocycles. The highest BCUT2D eigenvalue weighted by Gasteiger charge is 2.19. The van der Waals surface area contributed by atoms with Gasteiger partial charge in [-0.25, -0.2) is 13.2 Å². The summed E-state index contributed by atoms with van der Waals surface area (Å²) < 4.78 is 40.7. The molecule has 0 aliphatic heterocycles. The topological polar surface area (TPSA) is 83.5 Å². The molecule has 0 heterocycles. The van der Waals surface area contributed by atoms with Crippen molar-refractivity contribution in [3.05, 3.63) is 56.7 Å². The maximum atomic E-state index is 12.4. The SMILES string of the molecule is Cc1cc(S(=O)(=O)[O-])c(C(C)C)cc1C(=O)Oc1ccc(I)cc1. The maximum absolute atomic E-state index is 12.4. The van der Waals surface area contributed by atoms with Gasteiger partial charge in [-0.05, 0) is 83.0 Å². The van der Waals surface area contributed by atoms with E-state index in [4.69, 9.17) is 4.74 Å². The number of halogens is 1. The van der Waals surface area contributed by atoms with Crippen LogP contribution in [0.25, 0.3) is 0 Å². The highest BCUT2D eigenvalue weighted by molar-refractivity contribution is 14.1. The first-order valence-corrected chi connectivity index (χ1v) is 9.66. The standard InChI is InChI=1S/C17H17IO5S/c1-10(2)14-9-15(11(3)8-16(14)24(20,21)22)17(19)23-13-6-4-12(18)5-7-13/h4-10H,1-3H3,(H,20,21,22)/p-1. The summed E-state index contributed by atoms with van der Waals surface area (Å²) in [5.41, 5.74) is 0.930. The smallest absolute Gasteiger partial charge is 0.343 e. The second-order valence-electron chi connectivity index (χ2n) is 5.66. The molecule has 7 heteroatoms. The molecule has 0 saturated heterocycles. The molecule has 128 valence electrons. The molecule has 0 amide bonds. The van der Waals surface area contributed by atoms with Crippen molar-refractivity contribution in [2.45, 2.75) is 31.6 Å². The third kappa shape index (κ3) is 4.34. The number of esters is 1. The van der Waals surface area contributed by atoms with E-state index in [1.165, 1.54) is 12.1 Å². The van der Waals surface area contributed by atoms with E-state index in [1.807, 2.05) is 12.1 Å². The first-order chi connectivity index (χ1) is 11.1. The summed E-state index contributed by atoms with van der Waals surface area (Å²) in [5.74, 6) is -0.425. The van der Waals surface area contributed by atoms with Crippen LogP contribution in [0, 0.1) is 10.5 Å². The lowest BCUT2D eigenvalue weighted by Gasteiger charge is -2.18. The molecule has 0 radical (unpaired) electrons. The fraction of sp³-hybridized carbons (Fsp3) is 0.235. The van der Waals surface area contributed by atoms with Crippen LogP contribution in [0.5, 0.6) is 5.75 Å². The molecule has 0 bridgehead atoms. The van der Waals surface area contributed by atoms with Gasteiger partial charge in [-0.1, -0.05) is 13.8 Å². The van der Waals surface area contributed by atoms with Crippen molar-refractivity contribution in [1.29, 1.82) is 0 Å². The second-order valence-corrected chi connectivity index (χ2v) is 8.25.